The van der Waals surface area contributed by atoms with Crippen LogP contribution in [0.25, 0.3) is 0 Å². The molecule has 1 aromatic carbocycles. The van der Waals surface area contributed by atoms with E-state index in [1.165, 1.54) is 16.9 Å². The summed E-state index contributed by atoms with van der Waals surface area (Å²) in [7, 11) is 1.77. The third-order valence-corrected chi connectivity index (χ3v) is 7.18. The summed E-state index contributed by atoms with van der Waals surface area (Å²) in [5.74, 6) is -1.06. The fourth-order valence-corrected chi connectivity index (χ4v) is 5.43. The first-order chi connectivity index (χ1) is 13.9. The minimum Gasteiger partial charge on any atom is -0.360 e. The Hall–Kier alpha value is -2.51. The molecule has 3 aliphatic heterocycles. The maximum atomic E-state index is 13.5. The van der Waals surface area contributed by atoms with Gasteiger partial charge in [-0.25, -0.2) is 4.98 Å². The predicted octanol–water partition coefficient (Wildman–Crippen LogP) is 2.70. The average molecular weight is 410 g/mol. The van der Waals surface area contributed by atoms with Crippen molar-refractivity contribution in [2.24, 2.45) is 11.8 Å². The quantitative estimate of drug-likeness (QED) is 0.729. The minimum atomic E-state index is -0.705. The van der Waals surface area contributed by atoms with Gasteiger partial charge in [-0.3, -0.25) is 9.59 Å². The Morgan fingerprint density at radius 2 is 2.21 bits per heavy atom. The monoisotopic (exact) mass is 409 g/mol. The largest absolute Gasteiger partial charge is 0.360 e. The first kappa shape index (κ1) is 18.5. The second-order valence-corrected chi connectivity index (χ2v) is 9.19. The lowest BCUT2D eigenvalue weighted by Gasteiger charge is -2.27. The summed E-state index contributed by atoms with van der Waals surface area (Å²) >= 11 is 1.52. The molecular weight excluding hydrogens is 386 g/mol. The maximum Gasteiger partial charge on any atom is 0.234 e. The number of benzene rings is 1. The minimum absolute atomic E-state index is 0.0268. The van der Waals surface area contributed by atoms with E-state index >= 15 is 0 Å². The number of carbonyl (C=O) groups excluding carboxylic acids is 2. The second kappa shape index (κ2) is 6.50. The Balaban J connectivity index is 1.43. The van der Waals surface area contributed by atoms with E-state index in [1.54, 1.807) is 23.0 Å². The lowest BCUT2D eigenvalue weighted by atomic mass is 9.76. The number of aryl methyl sites for hydroxylation is 2. The summed E-state index contributed by atoms with van der Waals surface area (Å²) in [6.45, 7) is 4.99. The number of anilines is 1. The maximum absolute atomic E-state index is 13.5. The van der Waals surface area contributed by atoms with Crippen LogP contribution in [0.4, 0.5) is 5.69 Å². The summed E-state index contributed by atoms with van der Waals surface area (Å²) < 4.78 is 6.24. The van der Waals surface area contributed by atoms with Gasteiger partial charge < -0.3 is 14.5 Å². The van der Waals surface area contributed by atoms with Gasteiger partial charge in [0.1, 0.15) is 10.6 Å². The molecule has 1 aromatic heterocycles. The van der Waals surface area contributed by atoms with E-state index in [9.17, 15) is 9.59 Å². The van der Waals surface area contributed by atoms with Gasteiger partial charge >= 0.3 is 0 Å². The van der Waals surface area contributed by atoms with Crippen molar-refractivity contribution in [1.82, 2.24) is 9.88 Å². The first-order valence-electron chi connectivity index (χ1n) is 9.79. The second-order valence-electron chi connectivity index (χ2n) is 8.21. The molecule has 2 unspecified atom stereocenters. The number of fused-ring (bicyclic) bond motifs is 1. The Kier molecular flexibility index (Phi) is 4.15. The van der Waals surface area contributed by atoms with Gasteiger partial charge in [-0.2, -0.15) is 0 Å². The molecule has 6 nitrogen and oxygen atoms in total. The Labute approximate surface area is 173 Å². The number of amides is 2. The highest BCUT2D eigenvalue weighted by atomic mass is 32.1. The van der Waals surface area contributed by atoms with Crippen LogP contribution in [0.15, 0.2) is 41.9 Å². The number of hydrogen-bond acceptors (Lipinski definition) is 5. The van der Waals surface area contributed by atoms with Crippen molar-refractivity contribution in [3.63, 3.8) is 0 Å². The van der Waals surface area contributed by atoms with E-state index in [0.717, 1.165) is 16.3 Å². The standard InChI is InChI=1S/C22H23N3O3S/c1-13-4-5-15(10-14(13)2)25-12-22-7-6-16(28-22)18(19(22)21(25)27)20(26)24(3)11-17-23-8-9-29-17/h4-10,16,18-19H,11-12H2,1-3H3/t16-,18?,19?,22-/m0/s1. The zero-order valence-corrected chi connectivity index (χ0v) is 17.5. The molecule has 3 aliphatic rings. The van der Waals surface area contributed by atoms with Gasteiger partial charge in [0.2, 0.25) is 11.8 Å². The van der Waals surface area contributed by atoms with Crippen molar-refractivity contribution < 1.29 is 14.3 Å². The Bertz CT molecular complexity index is 1020. The van der Waals surface area contributed by atoms with Gasteiger partial charge in [-0.1, -0.05) is 18.2 Å². The molecule has 0 aliphatic carbocycles. The molecule has 2 aromatic rings. The lowest BCUT2D eigenvalue weighted by molar-refractivity contribution is -0.139. The lowest BCUT2D eigenvalue weighted by Crippen LogP contribution is -2.44. The van der Waals surface area contributed by atoms with E-state index in [2.05, 4.69) is 11.9 Å². The third kappa shape index (κ3) is 2.75. The molecule has 0 saturated carbocycles. The molecule has 5 rings (SSSR count). The van der Waals surface area contributed by atoms with E-state index in [0.29, 0.717) is 13.1 Å². The van der Waals surface area contributed by atoms with Gasteiger partial charge in [0.15, 0.2) is 0 Å². The molecule has 4 heterocycles. The molecule has 1 spiro atoms. The molecule has 4 atom stereocenters. The van der Waals surface area contributed by atoms with Crippen LogP contribution < -0.4 is 4.90 Å². The van der Waals surface area contributed by atoms with Crippen LogP contribution in [0.2, 0.25) is 0 Å². The van der Waals surface area contributed by atoms with Crippen LogP contribution in [0.1, 0.15) is 16.1 Å². The molecule has 0 radical (unpaired) electrons. The number of aromatic nitrogens is 1. The molecule has 7 heteroatoms. The molecule has 29 heavy (non-hydrogen) atoms. The normalized spacial score (nSPS) is 29.6. The number of thiazole rings is 1. The number of carbonyl (C=O) groups is 2. The highest BCUT2D eigenvalue weighted by Gasteiger charge is 2.67. The van der Waals surface area contributed by atoms with Crippen LogP contribution in [-0.2, 0) is 20.9 Å². The number of hydrogen-bond donors (Lipinski definition) is 0. The summed E-state index contributed by atoms with van der Waals surface area (Å²) in [6.07, 6.45) is 5.34. The summed E-state index contributed by atoms with van der Waals surface area (Å²) in [5.41, 5.74) is 2.49. The predicted molar refractivity (Wildman–Crippen MR) is 111 cm³/mol. The molecule has 2 bridgehead atoms. The van der Waals surface area contributed by atoms with Gasteiger partial charge in [0.25, 0.3) is 0 Å². The number of rotatable bonds is 4. The van der Waals surface area contributed by atoms with Crippen molar-refractivity contribution in [2.75, 3.05) is 18.5 Å². The fourth-order valence-electron chi connectivity index (χ4n) is 4.76. The van der Waals surface area contributed by atoms with Crippen molar-refractivity contribution in [3.05, 3.63) is 58.1 Å². The van der Waals surface area contributed by atoms with Crippen LogP contribution in [0.5, 0.6) is 0 Å². The summed E-state index contributed by atoms with van der Waals surface area (Å²) in [4.78, 5) is 34.5. The number of nitrogens with zero attached hydrogens (tertiary/aromatic N) is 3. The van der Waals surface area contributed by atoms with Crippen molar-refractivity contribution >= 4 is 28.8 Å². The van der Waals surface area contributed by atoms with E-state index in [1.807, 2.05) is 42.7 Å². The SMILES string of the molecule is Cc1ccc(N2C[C@]34C=C[C@H](O3)C(C(=O)N(C)Cc3nccs3)C4C2=O)cc1C. The van der Waals surface area contributed by atoms with Crippen LogP contribution in [0.3, 0.4) is 0 Å². The topological polar surface area (TPSA) is 62.7 Å². The highest BCUT2D eigenvalue weighted by molar-refractivity contribution is 7.09. The van der Waals surface area contributed by atoms with Crippen molar-refractivity contribution in [2.45, 2.75) is 32.1 Å². The Morgan fingerprint density at radius 1 is 1.38 bits per heavy atom. The molecule has 2 fully saturated rings. The molecule has 2 amide bonds. The molecule has 2 saturated heterocycles. The van der Waals surface area contributed by atoms with Crippen LogP contribution >= 0.6 is 11.3 Å². The third-order valence-electron chi connectivity index (χ3n) is 6.42. The smallest absolute Gasteiger partial charge is 0.234 e. The van der Waals surface area contributed by atoms with E-state index in [-0.39, 0.29) is 17.9 Å². The zero-order valence-electron chi connectivity index (χ0n) is 16.7. The first-order valence-corrected chi connectivity index (χ1v) is 10.7. The zero-order chi connectivity index (χ0) is 20.3. The Morgan fingerprint density at radius 3 is 2.93 bits per heavy atom. The van der Waals surface area contributed by atoms with Gasteiger partial charge in [0, 0.05) is 24.3 Å². The van der Waals surface area contributed by atoms with Crippen molar-refractivity contribution in [3.8, 4) is 0 Å². The average Bonchev–Trinajstić information content (AvgIpc) is 3.46. The van der Waals surface area contributed by atoms with Crippen LogP contribution in [-0.4, -0.2) is 47.0 Å². The highest BCUT2D eigenvalue weighted by Crippen LogP contribution is 2.53. The van der Waals surface area contributed by atoms with E-state index < -0.39 is 17.4 Å². The molecule has 0 N–H and O–H groups in total. The fraction of sp³-hybridized carbons (Fsp3) is 0.409. The van der Waals surface area contributed by atoms with Gasteiger partial charge in [-0.15, -0.1) is 11.3 Å². The van der Waals surface area contributed by atoms with Crippen LogP contribution in [0, 0.1) is 25.7 Å². The summed E-state index contributed by atoms with van der Waals surface area (Å²) in [5, 5.41) is 2.78. The molecule has 150 valence electrons. The summed E-state index contributed by atoms with van der Waals surface area (Å²) in [6, 6.07) is 6.04. The van der Waals surface area contributed by atoms with Gasteiger partial charge in [-0.05, 0) is 37.1 Å². The number of ether oxygens (including phenoxy) is 1. The molecular formula is C22H23N3O3S. The van der Waals surface area contributed by atoms with Crippen molar-refractivity contribution in [1.29, 1.82) is 0 Å². The van der Waals surface area contributed by atoms with Gasteiger partial charge in [0.05, 0.1) is 31.0 Å². The van der Waals surface area contributed by atoms with E-state index in [4.69, 9.17) is 4.74 Å².